The lowest BCUT2D eigenvalue weighted by molar-refractivity contribution is -0.144. The molecule has 3 aromatic rings. The highest BCUT2D eigenvalue weighted by Gasteiger charge is 2.40. The molecule has 1 aliphatic carbocycles. The summed E-state index contributed by atoms with van der Waals surface area (Å²) < 4.78 is 0. The van der Waals surface area contributed by atoms with E-state index in [1.807, 2.05) is 30.3 Å². The number of nitrogens with two attached hydrogens (primary N) is 1. The summed E-state index contributed by atoms with van der Waals surface area (Å²) in [5, 5.41) is 14.8. The lowest BCUT2D eigenvalue weighted by Crippen LogP contribution is -2.48. The van der Waals surface area contributed by atoms with Crippen molar-refractivity contribution in [3.63, 3.8) is 0 Å². The van der Waals surface area contributed by atoms with Crippen LogP contribution in [0.25, 0.3) is 11.1 Å². The summed E-state index contributed by atoms with van der Waals surface area (Å²) >= 11 is 0. The van der Waals surface area contributed by atoms with Gasteiger partial charge < -0.3 is 26.4 Å². The maximum absolute atomic E-state index is 14.0. The second-order valence-corrected chi connectivity index (χ2v) is 11.0. The van der Waals surface area contributed by atoms with Gasteiger partial charge in [-0.05, 0) is 103 Å². The van der Waals surface area contributed by atoms with Gasteiger partial charge in [-0.1, -0.05) is 30.3 Å². The monoisotopic (exact) mass is 568 g/mol. The molecule has 1 saturated carbocycles. The molecule has 1 aliphatic heterocycles. The van der Waals surface area contributed by atoms with E-state index in [2.05, 4.69) is 10.6 Å². The Labute approximate surface area is 245 Å². The number of rotatable bonds is 7. The average molecular weight is 569 g/mol. The van der Waals surface area contributed by atoms with Gasteiger partial charge in [0.15, 0.2) is 0 Å². The Morgan fingerprint density at radius 2 is 1.57 bits per heavy atom. The summed E-state index contributed by atoms with van der Waals surface area (Å²) in [5.74, 6) is -1.31. The van der Waals surface area contributed by atoms with Crippen molar-refractivity contribution >= 4 is 29.4 Å². The first kappa shape index (κ1) is 29.0. The van der Waals surface area contributed by atoms with Gasteiger partial charge in [-0.25, -0.2) is 4.79 Å². The van der Waals surface area contributed by atoms with E-state index < -0.39 is 12.0 Å². The van der Waals surface area contributed by atoms with Crippen LogP contribution in [-0.2, 0) is 16.0 Å². The van der Waals surface area contributed by atoms with E-state index >= 15 is 0 Å². The number of hydrogen-bond acceptors (Lipinski definition) is 5. The fourth-order valence-corrected chi connectivity index (χ4v) is 6.19. The van der Waals surface area contributed by atoms with Crippen LogP contribution in [0.5, 0.6) is 0 Å². The maximum atomic E-state index is 14.0. The fraction of sp³-hybridized carbons (Fsp3) is 0.333. The molecule has 0 spiro atoms. The molecule has 0 radical (unpaired) electrons. The third-order valence-electron chi connectivity index (χ3n) is 8.57. The molecule has 0 aromatic heterocycles. The van der Waals surface area contributed by atoms with Gasteiger partial charge in [-0.2, -0.15) is 0 Å². The lowest BCUT2D eigenvalue weighted by atomic mass is 9.80. The molecule has 1 heterocycles. The van der Waals surface area contributed by atoms with Gasteiger partial charge in [0.1, 0.15) is 6.04 Å². The number of anilines is 1. The van der Waals surface area contributed by atoms with E-state index in [9.17, 15) is 24.3 Å². The number of benzene rings is 3. The lowest BCUT2D eigenvalue weighted by Gasteiger charge is -2.40. The van der Waals surface area contributed by atoms with Crippen LogP contribution in [0.4, 0.5) is 5.69 Å². The molecule has 218 valence electrons. The van der Waals surface area contributed by atoms with Crippen LogP contribution in [0.2, 0.25) is 0 Å². The van der Waals surface area contributed by atoms with Crippen molar-refractivity contribution in [3.8, 4) is 11.1 Å². The van der Waals surface area contributed by atoms with Crippen molar-refractivity contribution < 1.29 is 24.3 Å². The molecule has 5 N–H and O–H groups in total. The van der Waals surface area contributed by atoms with Gasteiger partial charge in [-0.3, -0.25) is 14.4 Å². The van der Waals surface area contributed by atoms with E-state index in [4.69, 9.17) is 5.73 Å². The van der Waals surface area contributed by atoms with Crippen molar-refractivity contribution in [1.82, 2.24) is 10.2 Å². The number of nitrogens with one attached hydrogen (secondary N) is 2. The molecule has 9 heteroatoms. The number of carbonyl (C=O) groups excluding carboxylic acids is 3. The normalized spacial score (nSPS) is 19.9. The summed E-state index contributed by atoms with van der Waals surface area (Å²) in [4.78, 5) is 53.0. The second-order valence-electron chi connectivity index (χ2n) is 11.0. The third-order valence-corrected chi connectivity index (χ3v) is 8.57. The SMILES string of the molecule is CNC(=O)c1ccc(-c2cccc3c2CCN(C(=O)C2CCC(CN)CC2)C3C(=O)Nc2ccc(C(=O)O)cc2)cc1. The van der Waals surface area contributed by atoms with Crippen LogP contribution in [0.15, 0.2) is 66.7 Å². The number of carboxylic acids is 1. The highest BCUT2D eigenvalue weighted by Crippen LogP contribution is 2.39. The van der Waals surface area contributed by atoms with Crippen molar-refractivity contribution in [2.24, 2.45) is 17.6 Å². The first-order valence-corrected chi connectivity index (χ1v) is 14.4. The van der Waals surface area contributed by atoms with Crippen LogP contribution in [-0.4, -0.2) is 53.8 Å². The molecule has 1 fully saturated rings. The van der Waals surface area contributed by atoms with Gasteiger partial charge in [0.25, 0.3) is 11.8 Å². The van der Waals surface area contributed by atoms with Gasteiger partial charge >= 0.3 is 5.97 Å². The average Bonchev–Trinajstić information content (AvgIpc) is 3.03. The molecule has 1 unspecified atom stereocenters. The smallest absolute Gasteiger partial charge is 0.335 e. The van der Waals surface area contributed by atoms with Gasteiger partial charge in [0, 0.05) is 30.8 Å². The van der Waals surface area contributed by atoms with Crippen LogP contribution >= 0.6 is 0 Å². The minimum absolute atomic E-state index is 0.0159. The quantitative estimate of drug-likeness (QED) is 0.336. The summed E-state index contributed by atoms with van der Waals surface area (Å²) in [6, 6.07) is 18.3. The van der Waals surface area contributed by atoms with Crippen molar-refractivity contribution in [3.05, 3.63) is 89.0 Å². The van der Waals surface area contributed by atoms with Crippen LogP contribution in [0, 0.1) is 11.8 Å². The molecule has 0 bridgehead atoms. The molecule has 1 atom stereocenters. The minimum Gasteiger partial charge on any atom is -0.478 e. The number of hydrogen-bond donors (Lipinski definition) is 4. The van der Waals surface area contributed by atoms with Crippen molar-refractivity contribution in [2.45, 2.75) is 38.1 Å². The van der Waals surface area contributed by atoms with Gasteiger partial charge in [-0.15, -0.1) is 0 Å². The first-order valence-electron chi connectivity index (χ1n) is 14.4. The molecule has 3 amide bonds. The zero-order valence-corrected chi connectivity index (χ0v) is 23.6. The molecular weight excluding hydrogens is 532 g/mol. The van der Waals surface area contributed by atoms with Crippen molar-refractivity contribution in [2.75, 3.05) is 25.5 Å². The number of carbonyl (C=O) groups is 4. The number of carboxylic acid groups (broad SMARTS) is 1. The number of fused-ring (bicyclic) bond motifs is 1. The Morgan fingerprint density at radius 3 is 2.19 bits per heavy atom. The number of amides is 3. The fourth-order valence-electron chi connectivity index (χ4n) is 6.19. The molecule has 3 aromatic carbocycles. The number of aromatic carboxylic acids is 1. The predicted octanol–water partition coefficient (Wildman–Crippen LogP) is 4.24. The zero-order valence-electron chi connectivity index (χ0n) is 23.6. The van der Waals surface area contributed by atoms with E-state index in [1.54, 1.807) is 36.2 Å². The molecular formula is C33H36N4O5. The molecule has 0 saturated heterocycles. The zero-order chi connectivity index (χ0) is 29.8. The maximum Gasteiger partial charge on any atom is 0.335 e. The third kappa shape index (κ3) is 5.92. The van der Waals surface area contributed by atoms with E-state index in [0.29, 0.717) is 36.7 Å². The van der Waals surface area contributed by atoms with Gasteiger partial charge in [0.2, 0.25) is 5.91 Å². The highest BCUT2D eigenvalue weighted by atomic mass is 16.4. The van der Waals surface area contributed by atoms with Gasteiger partial charge in [0.05, 0.1) is 5.56 Å². The highest BCUT2D eigenvalue weighted by molar-refractivity contribution is 6.00. The summed E-state index contributed by atoms with van der Waals surface area (Å²) in [5.41, 5.74) is 10.6. The minimum atomic E-state index is -1.05. The molecule has 9 nitrogen and oxygen atoms in total. The summed E-state index contributed by atoms with van der Waals surface area (Å²) in [6.45, 7) is 1.02. The topological polar surface area (TPSA) is 142 Å². The van der Waals surface area contributed by atoms with Crippen LogP contribution < -0.4 is 16.4 Å². The number of nitrogens with zero attached hydrogens (tertiary/aromatic N) is 1. The molecule has 2 aliphatic rings. The Kier molecular flexibility index (Phi) is 8.68. The van der Waals surface area contributed by atoms with E-state index in [-0.39, 0.29) is 29.2 Å². The molecule has 5 rings (SSSR count). The molecule has 42 heavy (non-hydrogen) atoms. The Bertz CT molecular complexity index is 1480. The standard InChI is InChI=1S/C33H36N4O5/c1-35-30(38)22-11-9-21(10-12-22)26-3-2-4-28-27(26)17-18-37(32(40)23-7-5-20(19-34)6-8-23)29(28)31(39)36-25-15-13-24(14-16-25)33(41)42/h2-4,9-16,20,23,29H,5-8,17-19,34H2,1H3,(H,35,38)(H,36,39)(H,41,42). The van der Waals surface area contributed by atoms with Crippen molar-refractivity contribution in [1.29, 1.82) is 0 Å². The summed E-state index contributed by atoms with van der Waals surface area (Å²) in [7, 11) is 1.59. The Morgan fingerprint density at radius 1 is 0.905 bits per heavy atom. The van der Waals surface area contributed by atoms with E-state index in [0.717, 1.165) is 47.9 Å². The first-order chi connectivity index (χ1) is 20.3. The Hall–Kier alpha value is -4.50. The van der Waals surface area contributed by atoms with E-state index in [1.165, 1.54) is 12.1 Å². The predicted molar refractivity (Wildman–Crippen MR) is 160 cm³/mol. The van der Waals surface area contributed by atoms with Crippen LogP contribution in [0.3, 0.4) is 0 Å². The summed E-state index contributed by atoms with van der Waals surface area (Å²) in [6.07, 6.45) is 3.91. The second kappa shape index (κ2) is 12.6. The van der Waals surface area contributed by atoms with Crippen LogP contribution in [0.1, 0.15) is 63.6 Å². The Balaban J connectivity index is 1.49. The largest absolute Gasteiger partial charge is 0.478 e.